The van der Waals surface area contributed by atoms with Crippen molar-refractivity contribution in [1.82, 2.24) is 20.5 Å². The van der Waals surface area contributed by atoms with Crippen LogP contribution in [0, 0.1) is 5.92 Å². The van der Waals surface area contributed by atoms with E-state index in [1.165, 1.54) is 19.3 Å². The second kappa shape index (κ2) is 7.52. The number of nitrogens with one attached hydrogen (secondary N) is 2. The van der Waals surface area contributed by atoms with Crippen LogP contribution in [0.3, 0.4) is 0 Å². The first-order chi connectivity index (χ1) is 12.3. The molecule has 6 heteroatoms. The molecule has 3 heterocycles. The molecule has 134 valence electrons. The van der Waals surface area contributed by atoms with Crippen molar-refractivity contribution in [2.24, 2.45) is 5.92 Å². The maximum absolute atomic E-state index is 12.6. The average Bonchev–Trinajstić information content (AvgIpc) is 3.07. The van der Waals surface area contributed by atoms with Gasteiger partial charge in [0.2, 0.25) is 5.88 Å². The van der Waals surface area contributed by atoms with Crippen molar-refractivity contribution >= 4 is 16.8 Å². The molecule has 0 aromatic carbocycles. The molecule has 0 bridgehead atoms. The minimum absolute atomic E-state index is 0.136. The normalized spacial score (nSPS) is 20.0. The molecule has 2 N–H and O–H groups in total. The van der Waals surface area contributed by atoms with Crippen LogP contribution in [0.25, 0.3) is 11.0 Å². The third kappa shape index (κ3) is 3.84. The second-order valence-electron chi connectivity index (χ2n) is 7.32. The van der Waals surface area contributed by atoms with Crippen LogP contribution in [-0.4, -0.2) is 40.2 Å². The Balaban J connectivity index is 1.46. The van der Waals surface area contributed by atoms with E-state index in [-0.39, 0.29) is 11.9 Å². The number of carbonyl (C=O) groups excluding carboxylic acids is 1. The Kier molecular flexibility index (Phi) is 4.97. The van der Waals surface area contributed by atoms with Crippen molar-refractivity contribution in [1.29, 1.82) is 0 Å². The van der Waals surface area contributed by atoms with Gasteiger partial charge in [0.25, 0.3) is 0 Å². The first-order valence-corrected chi connectivity index (χ1v) is 9.55. The van der Waals surface area contributed by atoms with E-state index in [2.05, 4.69) is 20.5 Å². The topological polar surface area (TPSA) is 79.9 Å². The lowest BCUT2D eigenvalue weighted by Gasteiger charge is -2.22. The molecule has 4 rings (SSSR count). The number of ether oxygens (including phenoxy) is 1. The van der Waals surface area contributed by atoms with E-state index in [4.69, 9.17) is 4.74 Å². The number of H-pyrrole nitrogens is 1. The van der Waals surface area contributed by atoms with Gasteiger partial charge in [-0.2, -0.15) is 10.1 Å². The van der Waals surface area contributed by atoms with Crippen LogP contribution in [0.1, 0.15) is 61.9 Å². The molecule has 2 aromatic heterocycles. The number of carbonyl (C=O) groups is 1. The highest BCUT2D eigenvalue weighted by Gasteiger charge is 2.22. The Bertz CT molecular complexity index is 730. The molecule has 2 aromatic rings. The molecule has 0 atom stereocenters. The van der Waals surface area contributed by atoms with Crippen LogP contribution in [0.15, 0.2) is 12.1 Å². The SMILES string of the molecule is O=C(CC1CCNCC1)c1[nH]nc2nc(OC3CCCCC3)ccc12. The summed E-state index contributed by atoms with van der Waals surface area (Å²) >= 11 is 0. The van der Waals surface area contributed by atoms with Crippen molar-refractivity contribution < 1.29 is 9.53 Å². The summed E-state index contributed by atoms with van der Waals surface area (Å²) in [6, 6.07) is 3.79. The Morgan fingerprint density at radius 2 is 1.92 bits per heavy atom. The van der Waals surface area contributed by atoms with E-state index in [1.807, 2.05) is 12.1 Å². The van der Waals surface area contributed by atoms with Crippen LogP contribution in [0.2, 0.25) is 0 Å². The molecule has 1 saturated carbocycles. The lowest BCUT2D eigenvalue weighted by atomic mass is 9.91. The predicted molar refractivity (Wildman–Crippen MR) is 95.9 cm³/mol. The zero-order valence-electron chi connectivity index (χ0n) is 14.6. The molecular weight excluding hydrogens is 316 g/mol. The Hall–Kier alpha value is -1.95. The van der Waals surface area contributed by atoms with Crippen LogP contribution in [-0.2, 0) is 0 Å². The van der Waals surface area contributed by atoms with Gasteiger partial charge in [0.15, 0.2) is 11.4 Å². The maximum atomic E-state index is 12.6. The van der Waals surface area contributed by atoms with Gasteiger partial charge >= 0.3 is 0 Å². The van der Waals surface area contributed by atoms with Gasteiger partial charge in [0.1, 0.15) is 11.8 Å². The van der Waals surface area contributed by atoms with Gasteiger partial charge in [-0.15, -0.1) is 0 Å². The van der Waals surface area contributed by atoms with Crippen LogP contribution in [0.5, 0.6) is 5.88 Å². The predicted octanol–water partition coefficient (Wildman–Crippen LogP) is 3.24. The van der Waals surface area contributed by atoms with E-state index in [0.717, 1.165) is 44.2 Å². The molecule has 2 fully saturated rings. The minimum atomic E-state index is 0.136. The molecule has 1 aliphatic carbocycles. The highest BCUT2D eigenvalue weighted by Crippen LogP contribution is 2.26. The number of rotatable bonds is 5. The Morgan fingerprint density at radius 3 is 2.72 bits per heavy atom. The summed E-state index contributed by atoms with van der Waals surface area (Å²) < 4.78 is 6.00. The minimum Gasteiger partial charge on any atom is -0.474 e. The number of aromatic nitrogens is 3. The summed E-state index contributed by atoms with van der Waals surface area (Å²) in [5.74, 6) is 1.22. The summed E-state index contributed by atoms with van der Waals surface area (Å²) in [7, 11) is 0. The number of pyridine rings is 1. The van der Waals surface area contributed by atoms with Gasteiger partial charge in [-0.25, -0.2) is 0 Å². The van der Waals surface area contributed by atoms with Gasteiger partial charge in [-0.3, -0.25) is 9.89 Å². The molecule has 0 spiro atoms. The second-order valence-corrected chi connectivity index (χ2v) is 7.32. The van der Waals surface area contributed by atoms with Gasteiger partial charge in [-0.05, 0) is 63.6 Å². The Labute approximate surface area is 147 Å². The molecule has 0 radical (unpaired) electrons. The third-order valence-electron chi connectivity index (χ3n) is 5.44. The monoisotopic (exact) mass is 342 g/mol. The van der Waals surface area contributed by atoms with E-state index < -0.39 is 0 Å². The highest BCUT2D eigenvalue weighted by atomic mass is 16.5. The number of hydrogen-bond acceptors (Lipinski definition) is 5. The first kappa shape index (κ1) is 16.5. The average molecular weight is 342 g/mol. The van der Waals surface area contributed by atoms with Gasteiger partial charge in [0.05, 0.1) is 0 Å². The van der Waals surface area contributed by atoms with Crippen molar-refractivity contribution in [3.63, 3.8) is 0 Å². The zero-order valence-corrected chi connectivity index (χ0v) is 14.6. The number of nitrogens with zero attached hydrogens (tertiary/aromatic N) is 2. The van der Waals surface area contributed by atoms with Crippen LogP contribution >= 0.6 is 0 Å². The number of ketones is 1. The fraction of sp³-hybridized carbons (Fsp3) is 0.632. The first-order valence-electron chi connectivity index (χ1n) is 9.55. The van der Waals surface area contributed by atoms with E-state index in [9.17, 15) is 4.79 Å². The van der Waals surface area contributed by atoms with Crippen molar-refractivity contribution in [2.45, 2.75) is 57.5 Å². The summed E-state index contributed by atoms with van der Waals surface area (Å²) in [6.07, 6.45) is 8.92. The summed E-state index contributed by atoms with van der Waals surface area (Å²) in [5, 5.41) is 11.3. The molecule has 1 aliphatic heterocycles. The molecule has 25 heavy (non-hydrogen) atoms. The molecule has 6 nitrogen and oxygen atoms in total. The molecular formula is C19H26N4O2. The van der Waals surface area contributed by atoms with Gasteiger partial charge in [0, 0.05) is 17.9 Å². The number of Topliss-reactive ketones (excluding diaryl/α,β-unsaturated/α-hetero) is 1. The molecule has 1 saturated heterocycles. The van der Waals surface area contributed by atoms with Crippen molar-refractivity contribution in [2.75, 3.05) is 13.1 Å². The lowest BCUT2D eigenvalue weighted by Crippen LogP contribution is -2.29. The number of piperidine rings is 1. The summed E-state index contributed by atoms with van der Waals surface area (Å²) in [5.41, 5.74) is 1.16. The number of aromatic amines is 1. The fourth-order valence-electron chi connectivity index (χ4n) is 3.96. The van der Waals surface area contributed by atoms with Gasteiger partial charge < -0.3 is 10.1 Å². The standard InChI is InChI=1S/C19H26N4O2/c24-16(12-13-8-10-20-11-9-13)18-15-6-7-17(21-19(15)23-22-18)25-14-4-2-1-3-5-14/h6-7,13-14,20H,1-5,8-12H2,(H,21,22,23). The quantitative estimate of drug-likeness (QED) is 0.816. The third-order valence-corrected chi connectivity index (χ3v) is 5.44. The fourth-order valence-corrected chi connectivity index (χ4v) is 3.96. The van der Waals surface area contributed by atoms with E-state index in [1.54, 1.807) is 0 Å². The van der Waals surface area contributed by atoms with E-state index >= 15 is 0 Å². The number of fused-ring (bicyclic) bond motifs is 1. The Morgan fingerprint density at radius 1 is 1.12 bits per heavy atom. The highest BCUT2D eigenvalue weighted by molar-refractivity contribution is 6.05. The summed E-state index contributed by atoms with van der Waals surface area (Å²) in [6.45, 7) is 2.01. The lowest BCUT2D eigenvalue weighted by molar-refractivity contribution is 0.0949. The van der Waals surface area contributed by atoms with Crippen molar-refractivity contribution in [3.8, 4) is 5.88 Å². The zero-order chi connectivity index (χ0) is 17.1. The molecule has 0 amide bonds. The van der Waals surface area contributed by atoms with Crippen LogP contribution in [0.4, 0.5) is 0 Å². The van der Waals surface area contributed by atoms with E-state index in [0.29, 0.717) is 29.6 Å². The van der Waals surface area contributed by atoms with Gasteiger partial charge in [-0.1, -0.05) is 6.42 Å². The molecule has 0 unspecified atom stereocenters. The van der Waals surface area contributed by atoms with Crippen molar-refractivity contribution in [3.05, 3.63) is 17.8 Å². The number of hydrogen-bond donors (Lipinski definition) is 2. The smallest absolute Gasteiger partial charge is 0.215 e. The van der Waals surface area contributed by atoms with Crippen LogP contribution < -0.4 is 10.1 Å². The summed E-state index contributed by atoms with van der Waals surface area (Å²) in [4.78, 5) is 17.1. The largest absolute Gasteiger partial charge is 0.474 e. The molecule has 2 aliphatic rings. The maximum Gasteiger partial charge on any atom is 0.215 e.